The summed E-state index contributed by atoms with van der Waals surface area (Å²) in [5, 5.41) is 12.1. The van der Waals surface area contributed by atoms with Gasteiger partial charge in [-0.2, -0.15) is 4.98 Å². The molecule has 1 fully saturated rings. The number of aromatic nitrogens is 3. The van der Waals surface area contributed by atoms with E-state index in [1.807, 2.05) is 0 Å². The molecule has 11 nitrogen and oxygen atoms in total. The summed E-state index contributed by atoms with van der Waals surface area (Å²) in [6.45, 7) is 6.30. The van der Waals surface area contributed by atoms with Gasteiger partial charge in [-0.15, -0.1) is 11.8 Å². The molecule has 0 aromatic carbocycles. The van der Waals surface area contributed by atoms with E-state index < -0.39 is 36.6 Å². The molecule has 28 heavy (non-hydrogen) atoms. The van der Waals surface area contributed by atoms with E-state index in [4.69, 9.17) is 15.0 Å². The predicted molar refractivity (Wildman–Crippen MR) is 105 cm³/mol. The Morgan fingerprint density at radius 1 is 1.54 bits per heavy atom. The van der Waals surface area contributed by atoms with Gasteiger partial charge in [0.1, 0.15) is 12.4 Å². The molecule has 0 radical (unpaired) electrons. The molecule has 1 saturated heterocycles. The van der Waals surface area contributed by atoms with Crippen molar-refractivity contribution in [2.45, 2.75) is 56.1 Å². The standard InChI is InChI=1S/C15H26N5O6PS/c1-8(2)26-13(22)9(3)19-27(4,24)25-6-11-10(21)5-12(28-11)20-7-17-14(16)18-15(20)23/h7-12,21H,5-6H2,1-4H3,(H,19,24)(H2,16,18,23)/t9-,10+,11+,12+,27?/m0/s1. The highest BCUT2D eigenvalue weighted by atomic mass is 32.2. The summed E-state index contributed by atoms with van der Waals surface area (Å²) in [4.78, 5) is 31.1. The van der Waals surface area contributed by atoms with E-state index in [0.717, 1.165) is 0 Å². The Labute approximate surface area is 166 Å². The van der Waals surface area contributed by atoms with Crippen LogP contribution in [0.5, 0.6) is 0 Å². The number of hydrogen-bond acceptors (Lipinski definition) is 10. The Kier molecular flexibility index (Phi) is 7.63. The van der Waals surface area contributed by atoms with Crippen LogP contribution < -0.4 is 16.5 Å². The second-order valence-corrected chi connectivity index (χ2v) is 10.4. The zero-order chi connectivity index (χ0) is 21.1. The molecule has 0 aliphatic carbocycles. The van der Waals surface area contributed by atoms with E-state index in [-0.39, 0.29) is 30.5 Å². The van der Waals surface area contributed by atoms with E-state index in [1.54, 1.807) is 13.8 Å². The van der Waals surface area contributed by atoms with Gasteiger partial charge in [0, 0.05) is 13.1 Å². The molecule has 0 spiro atoms. The number of nitrogens with two attached hydrogens (primary N) is 1. The zero-order valence-electron chi connectivity index (χ0n) is 16.1. The van der Waals surface area contributed by atoms with Crippen LogP contribution >= 0.6 is 19.3 Å². The Hall–Kier alpha value is -1.46. The topological polar surface area (TPSA) is 159 Å². The van der Waals surface area contributed by atoms with Crippen LogP contribution in [0, 0.1) is 0 Å². The minimum absolute atomic E-state index is 0.0281. The summed E-state index contributed by atoms with van der Waals surface area (Å²) in [6.07, 6.45) is 0.510. The summed E-state index contributed by atoms with van der Waals surface area (Å²) in [6, 6.07) is -0.808. The molecular weight excluding hydrogens is 409 g/mol. The Balaban J connectivity index is 1.92. The number of rotatable bonds is 8. The number of nitrogen functional groups attached to an aromatic ring is 1. The number of thioether (sulfide) groups is 1. The number of hydrogen-bond donors (Lipinski definition) is 3. The quantitative estimate of drug-likeness (QED) is 0.382. The van der Waals surface area contributed by atoms with Crippen LogP contribution in [-0.4, -0.2) is 62.4 Å². The molecule has 2 rings (SSSR count). The van der Waals surface area contributed by atoms with Gasteiger partial charge in [0.05, 0.1) is 29.4 Å². The van der Waals surface area contributed by atoms with Crippen LogP contribution in [0.3, 0.4) is 0 Å². The number of carbonyl (C=O) groups is 1. The van der Waals surface area contributed by atoms with Crippen molar-refractivity contribution in [2.24, 2.45) is 0 Å². The minimum Gasteiger partial charge on any atom is -0.462 e. The largest absolute Gasteiger partial charge is 0.462 e. The lowest BCUT2D eigenvalue weighted by molar-refractivity contribution is -0.149. The number of aliphatic hydroxyl groups excluding tert-OH is 1. The molecule has 1 aliphatic heterocycles. The second kappa shape index (κ2) is 9.36. The monoisotopic (exact) mass is 435 g/mol. The Bertz CT molecular complexity index is 805. The fourth-order valence-electron chi connectivity index (χ4n) is 2.58. The molecule has 2 heterocycles. The highest BCUT2D eigenvalue weighted by Crippen LogP contribution is 2.44. The van der Waals surface area contributed by atoms with Crippen LogP contribution in [-0.2, 0) is 18.6 Å². The molecule has 13 heteroatoms. The van der Waals surface area contributed by atoms with Gasteiger partial charge in [-0.05, 0) is 20.8 Å². The van der Waals surface area contributed by atoms with Gasteiger partial charge in [-0.3, -0.25) is 13.9 Å². The smallest absolute Gasteiger partial charge is 0.353 e. The van der Waals surface area contributed by atoms with Crippen LogP contribution in [0.15, 0.2) is 11.1 Å². The van der Waals surface area contributed by atoms with Gasteiger partial charge < -0.3 is 20.1 Å². The normalized spacial score (nSPS) is 25.4. The van der Waals surface area contributed by atoms with E-state index in [0.29, 0.717) is 0 Å². The Morgan fingerprint density at radius 3 is 2.82 bits per heavy atom. The fourth-order valence-corrected chi connectivity index (χ4v) is 5.44. The van der Waals surface area contributed by atoms with Gasteiger partial charge >= 0.3 is 11.7 Å². The molecule has 1 aromatic heterocycles. The van der Waals surface area contributed by atoms with Gasteiger partial charge in [0.25, 0.3) is 7.52 Å². The van der Waals surface area contributed by atoms with E-state index >= 15 is 0 Å². The summed E-state index contributed by atoms with van der Waals surface area (Å²) in [5.74, 6) is -0.647. The van der Waals surface area contributed by atoms with Gasteiger partial charge in [0.15, 0.2) is 0 Å². The third kappa shape index (κ3) is 6.28. The van der Waals surface area contributed by atoms with Crippen molar-refractivity contribution in [3.05, 3.63) is 16.8 Å². The van der Waals surface area contributed by atoms with Crippen molar-refractivity contribution in [2.75, 3.05) is 19.0 Å². The highest BCUT2D eigenvalue weighted by molar-refractivity contribution is 8.00. The number of aliphatic hydroxyl groups is 1. The second-order valence-electron chi connectivity index (χ2n) is 6.81. The third-order valence-corrected chi connectivity index (χ3v) is 6.91. The van der Waals surface area contributed by atoms with E-state index in [1.165, 1.54) is 36.2 Å². The molecule has 1 aliphatic rings. The average molecular weight is 435 g/mol. The van der Waals surface area contributed by atoms with Crippen LogP contribution in [0.2, 0.25) is 0 Å². The molecule has 158 valence electrons. The number of nitrogens with zero attached hydrogens (tertiary/aromatic N) is 3. The van der Waals surface area contributed by atoms with Gasteiger partial charge in [-0.1, -0.05) is 0 Å². The summed E-state index contributed by atoms with van der Waals surface area (Å²) in [7, 11) is -3.32. The summed E-state index contributed by atoms with van der Waals surface area (Å²) < 4.78 is 24.4. The van der Waals surface area contributed by atoms with E-state index in [2.05, 4.69) is 15.1 Å². The van der Waals surface area contributed by atoms with Crippen molar-refractivity contribution < 1.29 is 23.7 Å². The molecule has 0 amide bonds. The lowest BCUT2D eigenvalue weighted by Gasteiger charge is -2.22. The minimum atomic E-state index is -3.32. The molecule has 1 aromatic rings. The first-order valence-corrected chi connectivity index (χ1v) is 11.7. The first-order valence-electron chi connectivity index (χ1n) is 8.73. The molecule has 5 atom stereocenters. The molecule has 1 unspecified atom stereocenters. The lowest BCUT2D eigenvalue weighted by Crippen LogP contribution is -2.35. The van der Waals surface area contributed by atoms with Crippen molar-refractivity contribution in [3.8, 4) is 0 Å². The van der Waals surface area contributed by atoms with Crippen molar-refractivity contribution in [1.82, 2.24) is 19.6 Å². The highest BCUT2D eigenvalue weighted by Gasteiger charge is 2.37. The maximum Gasteiger partial charge on any atom is 0.353 e. The zero-order valence-corrected chi connectivity index (χ0v) is 17.9. The first kappa shape index (κ1) is 22.8. The van der Waals surface area contributed by atoms with Crippen LogP contribution in [0.25, 0.3) is 0 Å². The van der Waals surface area contributed by atoms with E-state index in [9.17, 15) is 19.3 Å². The number of nitrogens with one attached hydrogen (secondary N) is 1. The number of carbonyl (C=O) groups excluding carboxylic acids is 1. The summed E-state index contributed by atoms with van der Waals surface area (Å²) >= 11 is 1.29. The number of ether oxygens (including phenoxy) is 1. The molecule has 4 N–H and O–H groups in total. The predicted octanol–water partition coefficient (Wildman–Crippen LogP) is 0.355. The van der Waals surface area contributed by atoms with Crippen molar-refractivity contribution in [1.29, 1.82) is 0 Å². The maximum absolute atomic E-state index is 12.6. The Morgan fingerprint density at radius 2 is 2.21 bits per heavy atom. The SMILES string of the molecule is CC(C)OC(=O)[C@H](C)NP(C)(=O)OC[C@H]1S[C@@H](n2cnc(N)nc2=O)C[C@H]1O. The molecule has 0 saturated carbocycles. The number of esters is 1. The fraction of sp³-hybridized carbons (Fsp3) is 0.733. The maximum atomic E-state index is 12.6. The van der Waals surface area contributed by atoms with Crippen LogP contribution in [0.1, 0.15) is 32.6 Å². The molecular formula is C15H26N5O6PS. The first-order chi connectivity index (χ1) is 13.0. The molecule has 0 bridgehead atoms. The van der Waals surface area contributed by atoms with Crippen LogP contribution in [0.4, 0.5) is 5.95 Å². The summed E-state index contributed by atoms with van der Waals surface area (Å²) in [5.41, 5.74) is 4.82. The van der Waals surface area contributed by atoms with Crippen molar-refractivity contribution >= 4 is 31.2 Å². The average Bonchev–Trinajstić information content (AvgIpc) is 2.92. The van der Waals surface area contributed by atoms with Gasteiger partial charge in [-0.25, -0.2) is 14.9 Å². The van der Waals surface area contributed by atoms with Crippen molar-refractivity contribution in [3.63, 3.8) is 0 Å². The third-order valence-electron chi connectivity index (χ3n) is 3.88. The number of anilines is 1. The van der Waals surface area contributed by atoms with Gasteiger partial charge in [0.2, 0.25) is 5.95 Å². The lowest BCUT2D eigenvalue weighted by atomic mass is 10.2.